The minimum atomic E-state index is -0.802. The largest absolute Gasteiger partial charge is 0.507 e. The fourth-order valence-corrected chi connectivity index (χ4v) is 4.17. The van der Waals surface area contributed by atoms with Gasteiger partial charge in [-0.05, 0) is 54.3 Å². The lowest BCUT2D eigenvalue weighted by atomic mass is 9.95. The maximum absolute atomic E-state index is 13.3. The van der Waals surface area contributed by atoms with Gasteiger partial charge in [-0.1, -0.05) is 44.2 Å². The monoisotopic (exact) mass is 486 g/mol. The SMILES string of the molecule is CCOc1cccc(/C(O)=C2/C(=O)C(=O)N(Cc3cccnc3)C2c2cccc(OCC(C)C)c2)c1. The molecule has 4 rings (SSSR count). The van der Waals surface area contributed by atoms with Crippen molar-refractivity contribution in [3.63, 3.8) is 0 Å². The van der Waals surface area contributed by atoms with Crippen LogP contribution >= 0.6 is 0 Å². The Labute approximate surface area is 211 Å². The van der Waals surface area contributed by atoms with Crippen LogP contribution in [0.2, 0.25) is 0 Å². The lowest BCUT2D eigenvalue weighted by Gasteiger charge is -2.26. The van der Waals surface area contributed by atoms with Crippen molar-refractivity contribution in [1.29, 1.82) is 0 Å². The molecular formula is C29H30N2O5. The van der Waals surface area contributed by atoms with Crippen molar-refractivity contribution >= 4 is 17.4 Å². The van der Waals surface area contributed by atoms with Crippen LogP contribution < -0.4 is 9.47 Å². The first-order valence-corrected chi connectivity index (χ1v) is 12.0. The van der Waals surface area contributed by atoms with Gasteiger partial charge in [0, 0.05) is 24.5 Å². The number of pyridine rings is 1. The maximum atomic E-state index is 13.3. The zero-order valence-corrected chi connectivity index (χ0v) is 20.7. The molecule has 1 aliphatic heterocycles. The number of aromatic nitrogens is 1. The molecule has 7 heteroatoms. The lowest BCUT2D eigenvalue weighted by Crippen LogP contribution is -2.29. The standard InChI is InChI=1S/C29H30N2O5/c1-4-35-23-11-6-10-22(15-23)27(32)25-26(21-9-5-12-24(14-21)36-18-19(2)3)31(29(34)28(25)33)17-20-8-7-13-30-16-20/h5-16,19,26,32H,4,17-18H2,1-3H3/b27-25-. The molecule has 3 aromatic rings. The Hall–Kier alpha value is -4.13. The molecule has 7 nitrogen and oxygen atoms in total. The molecule has 1 unspecified atom stereocenters. The van der Waals surface area contributed by atoms with Crippen LogP contribution in [0.3, 0.4) is 0 Å². The molecule has 0 radical (unpaired) electrons. The molecule has 1 fully saturated rings. The third kappa shape index (κ3) is 5.40. The van der Waals surface area contributed by atoms with Crippen LogP contribution in [0, 0.1) is 5.92 Å². The zero-order chi connectivity index (χ0) is 25.7. The van der Waals surface area contributed by atoms with Crippen molar-refractivity contribution in [2.75, 3.05) is 13.2 Å². The van der Waals surface area contributed by atoms with Gasteiger partial charge in [0.25, 0.3) is 11.7 Å². The fraction of sp³-hybridized carbons (Fsp3) is 0.276. The molecule has 0 saturated carbocycles. The number of likely N-dealkylation sites (tertiary alicyclic amines) is 1. The van der Waals surface area contributed by atoms with E-state index in [9.17, 15) is 14.7 Å². The number of amides is 1. The first-order valence-electron chi connectivity index (χ1n) is 12.0. The van der Waals surface area contributed by atoms with Crippen LogP contribution in [0.4, 0.5) is 0 Å². The highest BCUT2D eigenvalue weighted by molar-refractivity contribution is 6.46. The summed E-state index contributed by atoms with van der Waals surface area (Å²) >= 11 is 0. The molecule has 0 bridgehead atoms. The van der Waals surface area contributed by atoms with Crippen LogP contribution in [-0.2, 0) is 16.1 Å². The molecule has 1 saturated heterocycles. The Morgan fingerprint density at radius 1 is 1.03 bits per heavy atom. The number of rotatable bonds is 9. The number of benzene rings is 2. The molecule has 1 atom stereocenters. The number of carbonyl (C=O) groups excluding carboxylic acids is 2. The van der Waals surface area contributed by atoms with Gasteiger partial charge in [0.05, 0.1) is 24.8 Å². The van der Waals surface area contributed by atoms with E-state index in [0.29, 0.717) is 41.8 Å². The van der Waals surface area contributed by atoms with Crippen molar-refractivity contribution in [3.8, 4) is 11.5 Å². The summed E-state index contributed by atoms with van der Waals surface area (Å²) in [6.07, 6.45) is 3.31. The maximum Gasteiger partial charge on any atom is 0.295 e. The van der Waals surface area contributed by atoms with Gasteiger partial charge in [0.1, 0.15) is 17.3 Å². The molecular weight excluding hydrogens is 456 g/mol. The number of ether oxygens (including phenoxy) is 2. The van der Waals surface area contributed by atoms with Gasteiger partial charge in [-0.3, -0.25) is 14.6 Å². The van der Waals surface area contributed by atoms with E-state index in [0.717, 1.165) is 5.56 Å². The number of ketones is 1. The highest BCUT2D eigenvalue weighted by Gasteiger charge is 2.46. The van der Waals surface area contributed by atoms with E-state index < -0.39 is 17.7 Å². The number of nitrogens with zero attached hydrogens (tertiary/aromatic N) is 2. The summed E-state index contributed by atoms with van der Waals surface area (Å²) in [5, 5.41) is 11.3. The van der Waals surface area contributed by atoms with Crippen molar-refractivity contribution in [2.45, 2.75) is 33.4 Å². The minimum absolute atomic E-state index is 0.0264. The van der Waals surface area contributed by atoms with E-state index in [4.69, 9.17) is 9.47 Å². The van der Waals surface area contributed by atoms with Crippen molar-refractivity contribution in [1.82, 2.24) is 9.88 Å². The number of aliphatic hydroxyl groups excluding tert-OH is 1. The van der Waals surface area contributed by atoms with Gasteiger partial charge >= 0.3 is 0 Å². The Morgan fingerprint density at radius 3 is 2.47 bits per heavy atom. The number of aliphatic hydroxyl groups is 1. The molecule has 0 aliphatic carbocycles. The summed E-state index contributed by atoms with van der Waals surface area (Å²) in [5.74, 6) is -0.139. The van der Waals surface area contributed by atoms with Gasteiger partial charge in [0.15, 0.2) is 0 Å². The van der Waals surface area contributed by atoms with Crippen LogP contribution in [-0.4, -0.2) is 39.9 Å². The molecule has 2 heterocycles. The number of carbonyl (C=O) groups is 2. The Morgan fingerprint density at radius 2 is 1.78 bits per heavy atom. The van der Waals surface area contributed by atoms with Crippen LogP contribution in [0.5, 0.6) is 11.5 Å². The zero-order valence-electron chi connectivity index (χ0n) is 20.7. The molecule has 1 aliphatic rings. The average molecular weight is 487 g/mol. The average Bonchev–Trinajstić information content (AvgIpc) is 3.13. The van der Waals surface area contributed by atoms with Crippen LogP contribution in [0.1, 0.15) is 43.5 Å². The second-order valence-corrected chi connectivity index (χ2v) is 9.03. The predicted octanol–water partition coefficient (Wildman–Crippen LogP) is 5.14. The summed E-state index contributed by atoms with van der Waals surface area (Å²) in [7, 11) is 0. The Bertz CT molecular complexity index is 1270. The highest BCUT2D eigenvalue weighted by Crippen LogP contribution is 2.41. The van der Waals surface area contributed by atoms with Gasteiger partial charge in [0.2, 0.25) is 0 Å². The lowest BCUT2D eigenvalue weighted by molar-refractivity contribution is -0.140. The van der Waals surface area contributed by atoms with E-state index in [1.165, 1.54) is 4.90 Å². The first kappa shape index (κ1) is 25.0. The van der Waals surface area contributed by atoms with Gasteiger partial charge in [-0.2, -0.15) is 0 Å². The summed E-state index contributed by atoms with van der Waals surface area (Å²) in [6.45, 7) is 7.14. The molecule has 2 aromatic carbocycles. The predicted molar refractivity (Wildman–Crippen MR) is 136 cm³/mol. The Balaban J connectivity index is 1.82. The van der Waals surface area contributed by atoms with E-state index in [1.54, 1.807) is 42.7 Å². The van der Waals surface area contributed by atoms with E-state index >= 15 is 0 Å². The topological polar surface area (TPSA) is 89.0 Å². The third-order valence-corrected chi connectivity index (χ3v) is 5.79. The first-order chi connectivity index (χ1) is 17.4. The van der Waals surface area contributed by atoms with Crippen molar-refractivity contribution < 1.29 is 24.2 Å². The second-order valence-electron chi connectivity index (χ2n) is 9.03. The Kier molecular flexibility index (Phi) is 7.68. The van der Waals surface area contributed by atoms with Crippen molar-refractivity contribution in [2.24, 2.45) is 5.92 Å². The van der Waals surface area contributed by atoms with Crippen molar-refractivity contribution in [3.05, 3.63) is 95.3 Å². The smallest absolute Gasteiger partial charge is 0.295 e. The van der Waals surface area contributed by atoms with Gasteiger partial charge in [-0.15, -0.1) is 0 Å². The number of hydrogen-bond donors (Lipinski definition) is 1. The molecule has 186 valence electrons. The molecule has 0 spiro atoms. The molecule has 1 N–H and O–H groups in total. The van der Waals surface area contributed by atoms with E-state index in [2.05, 4.69) is 18.8 Å². The summed E-state index contributed by atoms with van der Waals surface area (Å²) in [6, 6.07) is 17.0. The van der Waals surface area contributed by atoms with Crippen LogP contribution in [0.15, 0.2) is 78.6 Å². The van der Waals surface area contributed by atoms with E-state index in [1.807, 2.05) is 37.3 Å². The number of Topliss-reactive ketones (excluding diaryl/α,β-unsaturated/α-hetero) is 1. The molecule has 1 amide bonds. The minimum Gasteiger partial charge on any atom is -0.507 e. The van der Waals surface area contributed by atoms with Gasteiger partial charge < -0.3 is 19.5 Å². The second kappa shape index (κ2) is 11.1. The summed E-state index contributed by atoms with van der Waals surface area (Å²) < 4.78 is 11.5. The quantitative estimate of drug-likeness (QED) is 0.256. The normalized spacial score (nSPS) is 17.0. The number of hydrogen-bond acceptors (Lipinski definition) is 6. The van der Waals surface area contributed by atoms with E-state index in [-0.39, 0.29) is 17.9 Å². The molecule has 36 heavy (non-hydrogen) atoms. The summed E-state index contributed by atoms with van der Waals surface area (Å²) in [5.41, 5.74) is 1.87. The van der Waals surface area contributed by atoms with Crippen LogP contribution in [0.25, 0.3) is 5.76 Å². The van der Waals surface area contributed by atoms with Gasteiger partial charge in [-0.25, -0.2) is 0 Å². The fourth-order valence-electron chi connectivity index (χ4n) is 4.17. The summed E-state index contributed by atoms with van der Waals surface area (Å²) in [4.78, 5) is 32.2. The third-order valence-electron chi connectivity index (χ3n) is 5.79. The molecule has 1 aromatic heterocycles. The highest BCUT2D eigenvalue weighted by atomic mass is 16.5.